The summed E-state index contributed by atoms with van der Waals surface area (Å²) in [7, 11) is 0. The Kier molecular flexibility index (Phi) is 1.59. The SMILES string of the molecule is O=C1N=C2C=CC=NC2n2nc(C3CC3)cc21. The summed E-state index contributed by atoms with van der Waals surface area (Å²) in [6, 6.07) is 1.87. The third-order valence-corrected chi connectivity index (χ3v) is 3.28. The fourth-order valence-corrected chi connectivity index (χ4v) is 2.23. The first kappa shape index (κ1) is 9.04. The van der Waals surface area contributed by atoms with E-state index in [0.717, 1.165) is 5.69 Å². The molecule has 0 radical (unpaired) electrons. The Morgan fingerprint density at radius 3 is 3.06 bits per heavy atom. The predicted octanol–water partition coefficient (Wildman–Crippen LogP) is 1.49. The average molecular weight is 226 g/mol. The van der Waals surface area contributed by atoms with Crippen molar-refractivity contribution in [3.8, 4) is 0 Å². The standard InChI is InChI=1S/C12H10N4O/c17-12-10-6-9(7-3-4-7)15-16(10)11-8(14-12)2-1-5-13-11/h1-2,5-7,11H,3-4H2. The van der Waals surface area contributed by atoms with E-state index in [9.17, 15) is 4.79 Å². The number of rotatable bonds is 1. The van der Waals surface area contributed by atoms with Crippen LogP contribution in [0.1, 0.15) is 41.1 Å². The van der Waals surface area contributed by atoms with E-state index in [1.807, 2.05) is 12.1 Å². The molecule has 1 amide bonds. The van der Waals surface area contributed by atoms with Gasteiger partial charge in [-0.2, -0.15) is 5.10 Å². The van der Waals surface area contributed by atoms with Crippen molar-refractivity contribution in [2.24, 2.45) is 9.98 Å². The van der Waals surface area contributed by atoms with Gasteiger partial charge in [0, 0.05) is 12.1 Å². The summed E-state index contributed by atoms with van der Waals surface area (Å²) in [5.41, 5.74) is 2.25. The smallest absolute Gasteiger partial charge is 0.265 e. The van der Waals surface area contributed by atoms with Gasteiger partial charge in [0.05, 0.1) is 11.4 Å². The number of amides is 1. The molecular formula is C12H10N4O. The minimum Gasteiger partial charge on any atom is -0.265 e. The molecule has 3 heterocycles. The van der Waals surface area contributed by atoms with Crippen molar-refractivity contribution < 1.29 is 4.79 Å². The van der Waals surface area contributed by atoms with Crippen LogP contribution < -0.4 is 0 Å². The van der Waals surface area contributed by atoms with Gasteiger partial charge in [-0.15, -0.1) is 0 Å². The molecular weight excluding hydrogens is 216 g/mol. The van der Waals surface area contributed by atoms with Crippen molar-refractivity contribution in [2.75, 3.05) is 0 Å². The molecule has 1 aromatic rings. The van der Waals surface area contributed by atoms with Gasteiger partial charge in [0.25, 0.3) is 5.91 Å². The molecule has 1 atom stereocenters. The lowest BCUT2D eigenvalue weighted by molar-refractivity contribution is 0.0986. The van der Waals surface area contributed by atoms with Crippen LogP contribution >= 0.6 is 0 Å². The van der Waals surface area contributed by atoms with Crippen molar-refractivity contribution in [3.05, 3.63) is 29.6 Å². The molecule has 1 fully saturated rings. The third kappa shape index (κ3) is 1.25. The van der Waals surface area contributed by atoms with Crippen molar-refractivity contribution in [1.29, 1.82) is 0 Å². The summed E-state index contributed by atoms with van der Waals surface area (Å²) in [6.45, 7) is 0. The predicted molar refractivity (Wildman–Crippen MR) is 62.6 cm³/mol. The number of aliphatic imine (C=N–C) groups is 2. The molecule has 4 rings (SSSR count). The molecule has 1 saturated carbocycles. The normalized spacial score (nSPS) is 25.5. The van der Waals surface area contributed by atoms with Gasteiger partial charge in [0.1, 0.15) is 5.69 Å². The zero-order chi connectivity index (χ0) is 11.4. The lowest BCUT2D eigenvalue weighted by Gasteiger charge is -2.20. The maximum absolute atomic E-state index is 11.9. The summed E-state index contributed by atoms with van der Waals surface area (Å²) in [4.78, 5) is 20.2. The molecule has 0 bridgehead atoms. The number of hydrogen-bond acceptors (Lipinski definition) is 3. The van der Waals surface area contributed by atoms with Gasteiger partial charge >= 0.3 is 0 Å². The van der Waals surface area contributed by atoms with E-state index in [1.54, 1.807) is 17.0 Å². The largest absolute Gasteiger partial charge is 0.295 e. The third-order valence-electron chi connectivity index (χ3n) is 3.28. The highest BCUT2D eigenvalue weighted by atomic mass is 16.1. The second kappa shape index (κ2) is 3.00. The van der Waals surface area contributed by atoms with Crippen LogP contribution in [-0.4, -0.2) is 27.6 Å². The summed E-state index contributed by atoms with van der Waals surface area (Å²) in [5.74, 6) is 0.324. The molecule has 0 N–H and O–H groups in total. The van der Waals surface area contributed by atoms with Crippen molar-refractivity contribution in [1.82, 2.24) is 9.78 Å². The van der Waals surface area contributed by atoms with Crippen LogP contribution in [0.4, 0.5) is 0 Å². The first-order chi connectivity index (χ1) is 8.33. The summed E-state index contributed by atoms with van der Waals surface area (Å²) in [6.07, 6.45) is 7.43. The molecule has 5 heteroatoms. The van der Waals surface area contributed by atoms with E-state index in [4.69, 9.17) is 0 Å². The molecule has 1 aromatic heterocycles. The lowest BCUT2D eigenvalue weighted by atomic mass is 10.2. The average Bonchev–Trinajstić information content (AvgIpc) is 3.09. The van der Waals surface area contributed by atoms with Crippen LogP contribution in [0, 0.1) is 0 Å². The molecule has 0 aromatic carbocycles. The van der Waals surface area contributed by atoms with Crippen LogP contribution in [-0.2, 0) is 0 Å². The van der Waals surface area contributed by atoms with Crippen molar-refractivity contribution in [2.45, 2.75) is 24.9 Å². The van der Waals surface area contributed by atoms with Crippen molar-refractivity contribution >= 4 is 17.8 Å². The lowest BCUT2D eigenvalue weighted by Crippen LogP contribution is -2.28. The van der Waals surface area contributed by atoms with E-state index in [2.05, 4.69) is 15.1 Å². The number of aromatic nitrogens is 2. The topological polar surface area (TPSA) is 59.6 Å². The zero-order valence-electron chi connectivity index (χ0n) is 9.08. The van der Waals surface area contributed by atoms with Crippen LogP contribution in [0.15, 0.2) is 28.2 Å². The first-order valence-electron chi connectivity index (χ1n) is 5.75. The maximum atomic E-state index is 11.9. The second-order valence-electron chi connectivity index (χ2n) is 4.55. The number of carbonyl (C=O) groups is 1. The Hall–Kier alpha value is -2.04. The van der Waals surface area contributed by atoms with Gasteiger partial charge in [-0.05, 0) is 31.1 Å². The Balaban J connectivity index is 1.87. The van der Waals surface area contributed by atoms with Gasteiger partial charge in [0.15, 0.2) is 6.17 Å². The molecule has 1 unspecified atom stereocenters. The Labute approximate surface area is 97.6 Å². The van der Waals surface area contributed by atoms with E-state index in [-0.39, 0.29) is 12.1 Å². The highest BCUT2D eigenvalue weighted by Crippen LogP contribution is 2.40. The highest BCUT2D eigenvalue weighted by molar-refractivity contribution is 6.13. The summed E-state index contributed by atoms with van der Waals surface area (Å²) in [5, 5.41) is 4.51. The van der Waals surface area contributed by atoms with Crippen molar-refractivity contribution in [3.63, 3.8) is 0 Å². The number of hydrogen-bond donors (Lipinski definition) is 0. The van der Waals surface area contributed by atoms with Gasteiger partial charge in [-0.25, -0.2) is 9.67 Å². The fourth-order valence-electron chi connectivity index (χ4n) is 2.23. The zero-order valence-corrected chi connectivity index (χ0v) is 9.08. The minimum absolute atomic E-state index is 0.211. The van der Waals surface area contributed by atoms with E-state index in [1.165, 1.54) is 12.8 Å². The van der Waals surface area contributed by atoms with Crippen LogP contribution in [0.2, 0.25) is 0 Å². The first-order valence-corrected chi connectivity index (χ1v) is 5.75. The number of dihydropyridines is 1. The van der Waals surface area contributed by atoms with Gasteiger partial charge in [0.2, 0.25) is 0 Å². The Morgan fingerprint density at radius 2 is 2.24 bits per heavy atom. The minimum atomic E-state index is -0.250. The molecule has 2 aliphatic heterocycles. The van der Waals surface area contributed by atoms with Gasteiger partial charge in [-0.3, -0.25) is 9.79 Å². The fraction of sp³-hybridized carbons (Fsp3) is 0.333. The molecule has 84 valence electrons. The van der Waals surface area contributed by atoms with Gasteiger partial charge < -0.3 is 0 Å². The van der Waals surface area contributed by atoms with Crippen LogP contribution in [0.5, 0.6) is 0 Å². The van der Waals surface area contributed by atoms with Crippen LogP contribution in [0.25, 0.3) is 0 Å². The number of nitrogens with zero attached hydrogens (tertiary/aromatic N) is 4. The number of fused-ring (bicyclic) bond motifs is 3. The quantitative estimate of drug-likeness (QED) is 0.728. The van der Waals surface area contributed by atoms with E-state index in [0.29, 0.717) is 17.3 Å². The summed E-state index contributed by atoms with van der Waals surface area (Å²) >= 11 is 0. The second-order valence-corrected chi connectivity index (χ2v) is 4.55. The number of allylic oxidation sites excluding steroid dienone is 1. The van der Waals surface area contributed by atoms with Gasteiger partial charge in [-0.1, -0.05) is 0 Å². The monoisotopic (exact) mass is 226 g/mol. The summed E-state index contributed by atoms with van der Waals surface area (Å²) < 4.78 is 1.71. The molecule has 1 aliphatic carbocycles. The molecule has 3 aliphatic rings. The van der Waals surface area contributed by atoms with Crippen LogP contribution in [0.3, 0.4) is 0 Å². The number of carbonyl (C=O) groups excluding carboxylic acids is 1. The molecule has 5 nitrogen and oxygen atoms in total. The Bertz CT molecular complexity index is 604. The van der Waals surface area contributed by atoms with E-state index >= 15 is 0 Å². The van der Waals surface area contributed by atoms with E-state index < -0.39 is 0 Å². The molecule has 0 spiro atoms. The molecule has 0 saturated heterocycles. The maximum Gasteiger partial charge on any atom is 0.295 e. The highest BCUT2D eigenvalue weighted by Gasteiger charge is 2.33. The Morgan fingerprint density at radius 1 is 1.35 bits per heavy atom. The molecule has 17 heavy (non-hydrogen) atoms.